The van der Waals surface area contributed by atoms with Crippen LogP contribution in [0.15, 0.2) is 33.5 Å². The fourth-order valence-electron chi connectivity index (χ4n) is 1.66. The van der Waals surface area contributed by atoms with Crippen molar-refractivity contribution in [1.82, 2.24) is 0 Å². The lowest BCUT2D eigenvalue weighted by atomic mass is 10.0. The molecular formula is C13H12O3. The summed E-state index contributed by atoms with van der Waals surface area (Å²) in [5, 5.41) is 0. The predicted octanol–water partition coefficient (Wildman–Crippen LogP) is 2.68. The number of carbonyl (C=O) groups is 1. The van der Waals surface area contributed by atoms with Crippen LogP contribution in [0.5, 0.6) is 0 Å². The first-order valence-corrected chi connectivity index (χ1v) is 5.15. The third-order valence-electron chi connectivity index (χ3n) is 2.61. The first kappa shape index (κ1) is 10.6. The standard InChI is InChI=1S/C13H12O3/c1-8(2)9-4-3-5-12-10(6-9)11(7-14)13(15)16-12/h3-8H,1-2H3. The lowest BCUT2D eigenvalue weighted by molar-refractivity contribution is 0.112. The van der Waals surface area contributed by atoms with E-state index in [2.05, 4.69) is 13.8 Å². The average molecular weight is 216 g/mol. The monoisotopic (exact) mass is 216 g/mol. The number of aldehydes is 1. The second-order valence-electron chi connectivity index (χ2n) is 4.02. The molecule has 1 heterocycles. The van der Waals surface area contributed by atoms with Crippen molar-refractivity contribution in [1.29, 1.82) is 0 Å². The molecular weight excluding hydrogens is 204 g/mol. The Kier molecular flexibility index (Phi) is 2.60. The van der Waals surface area contributed by atoms with Gasteiger partial charge in [-0.1, -0.05) is 26.0 Å². The van der Waals surface area contributed by atoms with Gasteiger partial charge >= 0.3 is 5.63 Å². The number of carbonyl (C=O) groups excluding carboxylic acids is 1. The summed E-state index contributed by atoms with van der Waals surface area (Å²) in [6.45, 7) is 4.11. The van der Waals surface area contributed by atoms with Gasteiger partial charge in [-0.05, 0) is 23.6 Å². The Balaban J connectivity index is 2.77. The topological polar surface area (TPSA) is 47.3 Å². The van der Waals surface area contributed by atoms with E-state index >= 15 is 0 Å². The van der Waals surface area contributed by atoms with Crippen LogP contribution in [0.1, 0.15) is 35.7 Å². The van der Waals surface area contributed by atoms with Gasteiger partial charge in [0.1, 0.15) is 11.3 Å². The van der Waals surface area contributed by atoms with Gasteiger partial charge in [-0.2, -0.15) is 0 Å². The van der Waals surface area contributed by atoms with E-state index in [9.17, 15) is 9.59 Å². The first-order valence-electron chi connectivity index (χ1n) is 5.15. The first-order chi connectivity index (χ1) is 7.63. The molecule has 0 fully saturated rings. The van der Waals surface area contributed by atoms with E-state index in [1.54, 1.807) is 6.07 Å². The molecule has 3 nitrogen and oxygen atoms in total. The number of furan rings is 1. The summed E-state index contributed by atoms with van der Waals surface area (Å²) in [5.41, 5.74) is 1.20. The van der Waals surface area contributed by atoms with E-state index in [-0.39, 0.29) is 5.56 Å². The van der Waals surface area contributed by atoms with Crippen LogP contribution >= 0.6 is 0 Å². The fourth-order valence-corrected chi connectivity index (χ4v) is 1.66. The lowest BCUT2D eigenvalue weighted by Crippen LogP contribution is -1.99. The number of hydrogen-bond donors (Lipinski definition) is 0. The molecule has 0 aromatic heterocycles. The van der Waals surface area contributed by atoms with E-state index in [1.165, 1.54) is 0 Å². The zero-order valence-corrected chi connectivity index (χ0v) is 9.19. The predicted molar refractivity (Wildman–Crippen MR) is 61.1 cm³/mol. The van der Waals surface area contributed by atoms with Gasteiger partial charge in [0.25, 0.3) is 0 Å². The van der Waals surface area contributed by atoms with Crippen molar-refractivity contribution in [3.63, 3.8) is 0 Å². The Labute approximate surface area is 93.1 Å². The van der Waals surface area contributed by atoms with Gasteiger partial charge in [-0.3, -0.25) is 4.79 Å². The van der Waals surface area contributed by atoms with E-state index in [0.29, 0.717) is 23.5 Å². The summed E-state index contributed by atoms with van der Waals surface area (Å²) >= 11 is 0. The molecule has 0 spiro atoms. The second-order valence-corrected chi connectivity index (χ2v) is 4.02. The van der Waals surface area contributed by atoms with Gasteiger partial charge in [0.15, 0.2) is 6.29 Å². The third-order valence-corrected chi connectivity index (χ3v) is 2.61. The highest BCUT2D eigenvalue weighted by atomic mass is 16.4. The Hall–Kier alpha value is -1.90. The molecule has 0 saturated heterocycles. The number of rotatable bonds is 2. The highest BCUT2D eigenvalue weighted by molar-refractivity contribution is 5.86. The SMILES string of the molecule is CC(C)c1cccc2oc(=O)c(C=O)c-2c1. The molecule has 1 aliphatic heterocycles. The molecule has 82 valence electrons. The quantitative estimate of drug-likeness (QED) is 0.725. The van der Waals surface area contributed by atoms with Crippen LogP contribution in [0.25, 0.3) is 11.3 Å². The van der Waals surface area contributed by atoms with Crippen LogP contribution in [-0.4, -0.2) is 6.29 Å². The number of hydrogen-bond acceptors (Lipinski definition) is 3. The van der Waals surface area contributed by atoms with Crippen molar-refractivity contribution < 1.29 is 9.21 Å². The highest BCUT2D eigenvalue weighted by Gasteiger charge is 2.16. The van der Waals surface area contributed by atoms with Crippen LogP contribution in [0.2, 0.25) is 0 Å². The second kappa shape index (κ2) is 3.93. The molecule has 1 aliphatic carbocycles. The Morgan fingerprint density at radius 3 is 2.69 bits per heavy atom. The van der Waals surface area contributed by atoms with Crippen molar-refractivity contribution in [2.45, 2.75) is 19.8 Å². The minimum absolute atomic E-state index is 0.105. The molecule has 2 rings (SSSR count). The summed E-state index contributed by atoms with van der Waals surface area (Å²) in [6, 6.07) is 7.33. The summed E-state index contributed by atoms with van der Waals surface area (Å²) in [5.74, 6) is 0.791. The Bertz CT molecular complexity index is 552. The van der Waals surface area contributed by atoms with Gasteiger partial charge < -0.3 is 4.42 Å². The molecule has 0 amide bonds. The van der Waals surface area contributed by atoms with Crippen LogP contribution in [0, 0.1) is 0 Å². The Morgan fingerprint density at radius 2 is 2.06 bits per heavy atom. The molecule has 0 N–H and O–H groups in total. The maximum Gasteiger partial charge on any atom is 0.347 e. The molecule has 0 atom stereocenters. The Morgan fingerprint density at radius 1 is 1.31 bits per heavy atom. The minimum atomic E-state index is -0.564. The van der Waals surface area contributed by atoms with Crippen molar-refractivity contribution >= 4 is 6.29 Å². The maximum absolute atomic E-state index is 11.4. The molecule has 0 unspecified atom stereocenters. The minimum Gasteiger partial charge on any atom is -0.422 e. The summed E-state index contributed by atoms with van der Waals surface area (Å²) in [4.78, 5) is 22.2. The molecule has 0 aromatic rings. The van der Waals surface area contributed by atoms with Crippen LogP contribution < -0.4 is 5.63 Å². The van der Waals surface area contributed by atoms with Crippen LogP contribution in [0.4, 0.5) is 0 Å². The van der Waals surface area contributed by atoms with Crippen molar-refractivity contribution in [2.75, 3.05) is 0 Å². The van der Waals surface area contributed by atoms with E-state index in [0.717, 1.165) is 5.56 Å². The molecule has 16 heavy (non-hydrogen) atoms. The normalized spacial score (nSPS) is 10.9. The van der Waals surface area contributed by atoms with Gasteiger partial charge in [-0.15, -0.1) is 0 Å². The lowest BCUT2D eigenvalue weighted by Gasteiger charge is -2.01. The van der Waals surface area contributed by atoms with Crippen LogP contribution in [0.3, 0.4) is 0 Å². The maximum atomic E-state index is 11.4. The average Bonchev–Trinajstić information content (AvgIpc) is 2.42. The molecule has 0 saturated carbocycles. The van der Waals surface area contributed by atoms with Gasteiger partial charge in [0.2, 0.25) is 0 Å². The third kappa shape index (κ3) is 1.65. The van der Waals surface area contributed by atoms with E-state index in [4.69, 9.17) is 4.42 Å². The van der Waals surface area contributed by atoms with Gasteiger partial charge in [0, 0.05) is 5.56 Å². The molecule has 0 aromatic carbocycles. The van der Waals surface area contributed by atoms with Crippen molar-refractivity contribution in [3.05, 3.63) is 45.8 Å². The molecule has 3 heteroatoms. The molecule has 2 aliphatic rings. The van der Waals surface area contributed by atoms with E-state index < -0.39 is 5.63 Å². The highest BCUT2D eigenvalue weighted by Crippen LogP contribution is 2.26. The van der Waals surface area contributed by atoms with Gasteiger partial charge in [-0.25, -0.2) is 4.79 Å². The van der Waals surface area contributed by atoms with Crippen molar-refractivity contribution in [2.24, 2.45) is 0 Å². The smallest absolute Gasteiger partial charge is 0.347 e. The van der Waals surface area contributed by atoms with Crippen molar-refractivity contribution in [3.8, 4) is 11.3 Å². The zero-order valence-electron chi connectivity index (χ0n) is 9.19. The largest absolute Gasteiger partial charge is 0.422 e. The zero-order chi connectivity index (χ0) is 11.7. The molecule has 0 radical (unpaired) electrons. The van der Waals surface area contributed by atoms with Crippen LogP contribution in [-0.2, 0) is 0 Å². The summed E-state index contributed by atoms with van der Waals surface area (Å²) in [6.07, 6.45) is 0.554. The summed E-state index contributed by atoms with van der Waals surface area (Å²) < 4.78 is 5.00. The molecule has 0 bridgehead atoms. The van der Waals surface area contributed by atoms with Gasteiger partial charge in [0.05, 0.1) is 0 Å². The summed E-state index contributed by atoms with van der Waals surface area (Å²) in [7, 11) is 0. The number of fused-ring (bicyclic) bond motifs is 1. The fraction of sp³-hybridized carbons (Fsp3) is 0.231. The van der Waals surface area contributed by atoms with E-state index in [1.807, 2.05) is 18.2 Å².